The van der Waals surface area contributed by atoms with Crippen LogP contribution >= 0.6 is 0 Å². The first-order chi connectivity index (χ1) is 8.82. The lowest BCUT2D eigenvalue weighted by Crippen LogP contribution is -2.45. The van der Waals surface area contributed by atoms with Gasteiger partial charge in [-0.3, -0.25) is 0 Å². The van der Waals surface area contributed by atoms with Gasteiger partial charge in [0.1, 0.15) is 0 Å². The first kappa shape index (κ1) is 13.6. The summed E-state index contributed by atoms with van der Waals surface area (Å²) >= 11 is 0. The maximum atomic E-state index is 10.7. The molecule has 0 bridgehead atoms. The van der Waals surface area contributed by atoms with Crippen LogP contribution in [0.4, 0.5) is 0 Å². The van der Waals surface area contributed by atoms with E-state index in [0.29, 0.717) is 19.1 Å². The Labute approximate surface area is 116 Å². The molecule has 3 aliphatic rings. The summed E-state index contributed by atoms with van der Waals surface area (Å²) < 4.78 is 12.0. The van der Waals surface area contributed by atoms with E-state index in [1.54, 1.807) is 6.08 Å². The summed E-state index contributed by atoms with van der Waals surface area (Å²) in [6, 6.07) is 0. The maximum Gasteiger partial charge on any atom is 0.171 e. The second kappa shape index (κ2) is 4.06. The van der Waals surface area contributed by atoms with Gasteiger partial charge in [0.2, 0.25) is 0 Å². The van der Waals surface area contributed by atoms with Crippen molar-refractivity contribution in [2.45, 2.75) is 51.4 Å². The lowest BCUT2D eigenvalue weighted by molar-refractivity contribution is -0.204. The lowest BCUT2D eigenvalue weighted by atomic mass is 9.77. The summed E-state index contributed by atoms with van der Waals surface area (Å²) in [5.41, 5.74) is -0.607. The average molecular weight is 266 g/mol. The molecule has 0 radical (unpaired) electrons. The number of fused-ring (bicyclic) bond motifs is 2. The minimum Gasteiger partial charge on any atom is -0.386 e. The van der Waals surface area contributed by atoms with Crippen molar-refractivity contribution in [3.63, 3.8) is 0 Å². The molecule has 1 heterocycles. The van der Waals surface area contributed by atoms with Crippen LogP contribution in [0, 0.1) is 23.2 Å². The predicted molar refractivity (Wildman–Crippen MR) is 73.6 cm³/mol. The zero-order valence-corrected chi connectivity index (χ0v) is 12.3. The topological polar surface area (TPSA) is 38.7 Å². The van der Waals surface area contributed by atoms with Crippen molar-refractivity contribution in [1.82, 2.24) is 0 Å². The fourth-order valence-electron chi connectivity index (χ4n) is 4.85. The van der Waals surface area contributed by atoms with Crippen LogP contribution in [0.25, 0.3) is 0 Å². The molecule has 3 fully saturated rings. The Balaban J connectivity index is 1.99. The molecule has 1 saturated heterocycles. The van der Waals surface area contributed by atoms with E-state index < -0.39 is 11.4 Å². The van der Waals surface area contributed by atoms with Crippen molar-refractivity contribution in [3.05, 3.63) is 12.7 Å². The van der Waals surface area contributed by atoms with Gasteiger partial charge in [-0.1, -0.05) is 19.9 Å². The molecule has 4 atom stereocenters. The number of rotatable bonds is 2. The van der Waals surface area contributed by atoms with E-state index in [-0.39, 0.29) is 17.3 Å². The molecule has 19 heavy (non-hydrogen) atoms. The molecule has 1 N–H and O–H groups in total. The number of aliphatic hydroxyl groups is 1. The van der Waals surface area contributed by atoms with Gasteiger partial charge < -0.3 is 14.6 Å². The summed E-state index contributed by atoms with van der Waals surface area (Å²) in [4.78, 5) is 0. The summed E-state index contributed by atoms with van der Waals surface area (Å²) in [7, 11) is 0. The van der Waals surface area contributed by atoms with E-state index in [4.69, 9.17) is 9.47 Å². The molecule has 108 valence electrons. The van der Waals surface area contributed by atoms with E-state index >= 15 is 0 Å². The van der Waals surface area contributed by atoms with E-state index in [9.17, 15) is 5.11 Å². The van der Waals surface area contributed by atoms with Gasteiger partial charge in [0.05, 0.1) is 18.8 Å². The Morgan fingerprint density at radius 3 is 2.53 bits per heavy atom. The molecule has 3 heteroatoms. The van der Waals surface area contributed by atoms with Crippen molar-refractivity contribution in [1.29, 1.82) is 0 Å². The standard InChI is InChI=1S/C16H26O3/c1-5-15(4,17)12-10-14(2,3)11-6-7-16(13(11)12)18-8-9-19-16/h5,11-13,17H,1,6-10H2,2-4H3/t11-,12+,13+,15?/m1/s1. The third-order valence-corrected chi connectivity index (χ3v) is 5.87. The van der Waals surface area contributed by atoms with Gasteiger partial charge in [-0.05, 0) is 37.0 Å². The SMILES string of the molecule is C=CC(C)(O)[C@H]1CC(C)(C)[C@@H]2CCC3(OCCO3)[C@@H]21. The van der Waals surface area contributed by atoms with Gasteiger partial charge >= 0.3 is 0 Å². The Morgan fingerprint density at radius 1 is 1.32 bits per heavy atom. The summed E-state index contributed by atoms with van der Waals surface area (Å²) in [5, 5.41) is 10.7. The van der Waals surface area contributed by atoms with Gasteiger partial charge in [-0.2, -0.15) is 0 Å². The molecule has 1 spiro atoms. The molecule has 0 aromatic carbocycles. The highest BCUT2D eigenvalue weighted by molar-refractivity contribution is 5.14. The molecule has 1 unspecified atom stereocenters. The van der Waals surface area contributed by atoms with Crippen LogP contribution < -0.4 is 0 Å². The highest BCUT2D eigenvalue weighted by atomic mass is 16.7. The van der Waals surface area contributed by atoms with Gasteiger partial charge in [-0.15, -0.1) is 6.58 Å². The van der Waals surface area contributed by atoms with E-state index in [1.807, 2.05) is 6.92 Å². The number of hydrogen-bond acceptors (Lipinski definition) is 3. The van der Waals surface area contributed by atoms with Crippen LogP contribution in [0.2, 0.25) is 0 Å². The molecule has 2 aliphatic carbocycles. The van der Waals surface area contributed by atoms with Crippen LogP contribution in [-0.2, 0) is 9.47 Å². The fourth-order valence-corrected chi connectivity index (χ4v) is 4.85. The highest BCUT2D eigenvalue weighted by Gasteiger charge is 2.65. The Kier molecular flexibility index (Phi) is 2.91. The molecular weight excluding hydrogens is 240 g/mol. The molecular formula is C16H26O3. The minimum absolute atomic E-state index is 0.172. The average Bonchev–Trinajstić information content (AvgIpc) is 3.00. The smallest absolute Gasteiger partial charge is 0.171 e. The largest absolute Gasteiger partial charge is 0.386 e. The van der Waals surface area contributed by atoms with Gasteiger partial charge in [0.15, 0.2) is 5.79 Å². The lowest BCUT2D eigenvalue weighted by Gasteiger charge is -2.38. The molecule has 3 nitrogen and oxygen atoms in total. The van der Waals surface area contributed by atoms with E-state index in [2.05, 4.69) is 20.4 Å². The molecule has 1 aliphatic heterocycles. The summed E-state index contributed by atoms with van der Waals surface area (Å²) in [5.74, 6) is 0.599. The molecule has 2 saturated carbocycles. The van der Waals surface area contributed by atoms with Crippen molar-refractivity contribution in [2.75, 3.05) is 13.2 Å². The third kappa shape index (κ3) is 1.82. The number of ether oxygens (including phenoxy) is 2. The van der Waals surface area contributed by atoms with Crippen molar-refractivity contribution >= 4 is 0 Å². The Morgan fingerprint density at radius 2 is 1.95 bits per heavy atom. The molecule has 3 rings (SSSR count). The third-order valence-electron chi connectivity index (χ3n) is 5.87. The fraction of sp³-hybridized carbons (Fsp3) is 0.875. The maximum absolute atomic E-state index is 10.7. The molecule has 0 amide bonds. The van der Waals surface area contributed by atoms with Crippen LogP contribution in [-0.4, -0.2) is 29.7 Å². The summed E-state index contributed by atoms with van der Waals surface area (Å²) in [6.07, 6.45) is 4.81. The second-order valence-electron chi connectivity index (χ2n) is 7.41. The Bertz CT molecular complexity index is 379. The van der Waals surface area contributed by atoms with Gasteiger partial charge in [0.25, 0.3) is 0 Å². The number of hydrogen-bond donors (Lipinski definition) is 1. The second-order valence-corrected chi connectivity index (χ2v) is 7.41. The molecule has 0 aromatic heterocycles. The zero-order valence-electron chi connectivity index (χ0n) is 12.3. The first-order valence-electron chi connectivity index (χ1n) is 7.46. The van der Waals surface area contributed by atoms with Gasteiger partial charge in [-0.25, -0.2) is 0 Å². The monoisotopic (exact) mass is 266 g/mol. The van der Waals surface area contributed by atoms with Crippen molar-refractivity contribution < 1.29 is 14.6 Å². The minimum atomic E-state index is -0.844. The van der Waals surface area contributed by atoms with Crippen molar-refractivity contribution in [3.8, 4) is 0 Å². The van der Waals surface area contributed by atoms with Gasteiger partial charge in [0, 0.05) is 12.3 Å². The summed E-state index contributed by atoms with van der Waals surface area (Å²) in [6.45, 7) is 11.7. The van der Waals surface area contributed by atoms with Crippen LogP contribution in [0.5, 0.6) is 0 Å². The van der Waals surface area contributed by atoms with Crippen LogP contribution in [0.3, 0.4) is 0 Å². The van der Waals surface area contributed by atoms with Crippen molar-refractivity contribution in [2.24, 2.45) is 23.2 Å². The highest BCUT2D eigenvalue weighted by Crippen LogP contribution is 2.64. The first-order valence-corrected chi connectivity index (χ1v) is 7.46. The van der Waals surface area contributed by atoms with E-state index in [0.717, 1.165) is 19.3 Å². The Hall–Kier alpha value is -0.380. The normalized spacial score (nSPS) is 42.2. The predicted octanol–water partition coefficient (Wildman–Crippen LogP) is 2.74. The molecule has 0 aromatic rings. The van der Waals surface area contributed by atoms with E-state index in [1.165, 1.54) is 0 Å². The quantitative estimate of drug-likeness (QED) is 0.781. The van der Waals surface area contributed by atoms with Crippen LogP contribution in [0.1, 0.15) is 40.0 Å². The van der Waals surface area contributed by atoms with Crippen LogP contribution in [0.15, 0.2) is 12.7 Å². The zero-order chi connectivity index (χ0) is 13.9.